The molecule has 0 saturated carbocycles. The van der Waals surface area contributed by atoms with Crippen LogP contribution in [0.3, 0.4) is 0 Å². The van der Waals surface area contributed by atoms with Crippen LogP contribution in [-0.2, 0) is 0 Å². The van der Waals surface area contributed by atoms with E-state index in [1.807, 2.05) is 6.07 Å². The van der Waals surface area contributed by atoms with Crippen LogP contribution >= 0.6 is 11.6 Å². The quantitative estimate of drug-likeness (QED) is 0.873. The van der Waals surface area contributed by atoms with Crippen molar-refractivity contribution in [2.24, 2.45) is 5.92 Å². The van der Waals surface area contributed by atoms with Crippen LogP contribution in [0, 0.1) is 5.92 Å². The first kappa shape index (κ1) is 16.1. The molecule has 1 fully saturated rings. The minimum Gasteiger partial charge on any atom is -0.478 e. The second-order valence-corrected chi connectivity index (χ2v) is 6.14. The van der Waals surface area contributed by atoms with Gasteiger partial charge in [0.05, 0.1) is 10.6 Å². The van der Waals surface area contributed by atoms with Gasteiger partial charge in [-0.25, -0.2) is 4.79 Å². The molecule has 0 amide bonds. The molecule has 0 radical (unpaired) electrons. The van der Waals surface area contributed by atoms with Crippen LogP contribution in [-0.4, -0.2) is 41.7 Å². The number of halogens is 1. The van der Waals surface area contributed by atoms with Crippen LogP contribution in [0.15, 0.2) is 18.2 Å². The minimum atomic E-state index is -0.994. The average Bonchev–Trinajstić information content (AvgIpc) is 2.49. The van der Waals surface area contributed by atoms with Gasteiger partial charge in [-0.2, -0.15) is 0 Å². The van der Waals surface area contributed by atoms with E-state index in [1.54, 1.807) is 12.1 Å². The molecule has 1 saturated heterocycles. The van der Waals surface area contributed by atoms with E-state index in [2.05, 4.69) is 24.1 Å². The SMILES string of the molecule is CCN1CCCC(C(C)Nc2ccc(Cl)c(C(=O)O)c2)C1. The summed E-state index contributed by atoms with van der Waals surface area (Å²) in [7, 11) is 0. The molecule has 2 unspecified atom stereocenters. The fourth-order valence-electron chi connectivity index (χ4n) is 2.95. The number of anilines is 1. The predicted molar refractivity (Wildman–Crippen MR) is 86.3 cm³/mol. The van der Waals surface area contributed by atoms with Gasteiger partial charge >= 0.3 is 5.97 Å². The Balaban J connectivity index is 2.03. The fourth-order valence-corrected chi connectivity index (χ4v) is 3.14. The standard InChI is InChI=1S/C16H23ClN2O2/c1-3-19-8-4-5-12(10-19)11(2)18-13-6-7-15(17)14(9-13)16(20)21/h6-7,9,11-12,18H,3-5,8,10H2,1-2H3,(H,20,21). The Kier molecular flexibility index (Phi) is 5.48. The molecule has 0 spiro atoms. The molecule has 1 aliphatic heterocycles. The summed E-state index contributed by atoms with van der Waals surface area (Å²) in [5.74, 6) is -0.409. The topological polar surface area (TPSA) is 52.6 Å². The smallest absolute Gasteiger partial charge is 0.337 e. The Morgan fingerprint density at radius 1 is 1.57 bits per heavy atom. The van der Waals surface area contributed by atoms with Crippen molar-refractivity contribution >= 4 is 23.3 Å². The van der Waals surface area contributed by atoms with Crippen LogP contribution < -0.4 is 5.32 Å². The van der Waals surface area contributed by atoms with E-state index in [9.17, 15) is 4.79 Å². The van der Waals surface area contributed by atoms with Gasteiger partial charge in [-0.3, -0.25) is 0 Å². The summed E-state index contributed by atoms with van der Waals surface area (Å²) < 4.78 is 0. The Morgan fingerprint density at radius 3 is 3.00 bits per heavy atom. The number of carboxylic acid groups (broad SMARTS) is 1. The lowest BCUT2D eigenvalue weighted by molar-refractivity contribution is 0.0697. The molecular weight excluding hydrogens is 288 g/mol. The van der Waals surface area contributed by atoms with Crippen molar-refractivity contribution in [1.29, 1.82) is 0 Å². The Morgan fingerprint density at radius 2 is 2.33 bits per heavy atom. The number of aromatic carboxylic acids is 1. The zero-order chi connectivity index (χ0) is 15.4. The molecule has 4 nitrogen and oxygen atoms in total. The predicted octanol–water partition coefficient (Wildman–Crippen LogP) is 3.57. The number of benzene rings is 1. The lowest BCUT2D eigenvalue weighted by Gasteiger charge is -2.35. The molecular formula is C16H23ClN2O2. The largest absolute Gasteiger partial charge is 0.478 e. The van der Waals surface area contributed by atoms with E-state index >= 15 is 0 Å². The summed E-state index contributed by atoms with van der Waals surface area (Å²) in [4.78, 5) is 13.6. The summed E-state index contributed by atoms with van der Waals surface area (Å²) in [5, 5.41) is 12.8. The Hall–Kier alpha value is -1.26. The molecule has 0 aromatic heterocycles. The number of piperidine rings is 1. The molecule has 1 aromatic carbocycles. The molecule has 1 heterocycles. The van der Waals surface area contributed by atoms with Crippen LogP contribution in [0.1, 0.15) is 37.0 Å². The van der Waals surface area contributed by atoms with Crippen molar-refractivity contribution in [3.05, 3.63) is 28.8 Å². The Bertz CT molecular complexity index is 507. The van der Waals surface area contributed by atoms with Crippen LogP contribution in [0.5, 0.6) is 0 Å². The van der Waals surface area contributed by atoms with Gasteiger partial charge in [-0.15, -0.1) is 0 Å². The number of hydrogen-bond donors (Lipinski definition) is 2. The lowest BCUT2D eigenvalue weighted by Crippen LogP contribution is -2.41. The minimum absolute atomic E-state index is 0.146. The van der Waals surface area contributed by atoms with Crippen molar-refractivity contribution in [2.75, 3.05) is 25.0 Å². The number of carbonyl (C=O) groups is 1. The monoisotopic (exact) mass is 310 g/mol. The Labute approximate surface area is 131 Å². The maximum Gasteiger partial charge on any atom is 0.337 e. The molecule has 116 valence electrons. The van der Waals surface area contributed by atoms with E-state index in [4.69, 9.17) is 16.7 Å². The molecule has 2 N–H and O–H groups in total. The van der Waals surface area contributed by atoms with Crippen molar-refractivity contribution in [1.82, 2.24) is 4.90 Å². The van der Waals surface area contributed by atoms with E-state index in [0.717, 1.165) is 18.8 Å². The van der Waals surface area contributed by atoms with Crippen molar-refractivity contribution < 1.29 is 9.90 Å². The number of likely N-dealkylation sites (tertiary alicyclic amines) is 1. The van der Waals surface area contributed by atoms with Crippen molar-refractivity contribution in [3.63, 3.8) is 0 Å². The van der Waals surface area contributed by atoms with Crippen LogP contribution in [0.4, 0.5) is 5.69 Å². The highest BCUT2D eigenvalue weighted by Gasteiger charge is 2.24. The third kappa shape index (κ3) is 4.11. The van der Waals surface area contributed by atoms with Gasteiger partial charge in [-0.1, -0.05) is 18.5 Å². The number of nitrogens with zero attached hydrogens (tertiary/aromatic N) is 1. The van der Waals surface area contributed by atoms with Crippen LogP contribution in [0.25, 0.3) is 0 Å². The number of rotatable bonds is 5. The molecule has 1 aromatic rings. The zero-order valence-electron chi connectivity index (χ0n) is 12.6. The zero-order valence-corrected chi connectivity index (χ0v) is 13.4. The first-order chi connectivity index (χ1) is 10.0. The van der Waals surface area contributed by atoms with Gasteiger partial charge in [0.15, 0.2) is 0 Å². The molecule has 1 aliphatic rings. The maximum absolute atomic E-state index is 11.1. The number of nitrogens with one attached hydrogen (secondary N) is 1. The van der Waals surface area contributed by atoms with Gasteiger partial charge in [-0.05, 0) is 57.0 Å². The third-order valence-corrected chi connectivity index (χ3v) is 4.62. The number of carboxylic acids is 1. The van der Waals surface area contributed by atoms with E-state index in [1.165, 1.54) is 19.4 Å². The molecule has 0 bridgehead atoms. The average molecular weight is 311 g/mol. The van der Waals surface area contributed by atoms with E-state index in [0.29, 0.717) is 12.0 Å². The second kappa shape index (κ2) is 7.14. The van der Waals surface area contributed by atoms with E-state index < -0.39 is 5.97 Å². The van der Waals surface area contributed by atoms with Gasteiger partial charge in [0.1, 0.15) is 0 Å². The van der Waals surface area contributed by atoms with Gasteiger partial charge in [0.25, 0.3) is 0 Å². The van der Waals surface area contributed by atoms with Gasteiger partial charge in [0.2, 0.25) is 0 Å². The first-order valence-electron chi connectivity index (χ1n) is 7.53. The van der Waals surface area contributed by atoms with Crippen LogP contribution in [0.2, 0.25) is 5.02 Å². The fraction of sp³-hybridized carbons (Fsp3) is 0.562. The second-order valence-electron chi connectivity index (χ2n) is 5.73. The summed E-state index contributed by atoms with van der Waals surface area (Å²) in [6.07, 6.45) is 2.44. The maximum atomic E-state index is 11.1. The summed E-state index contributed by atoms with van der Waals surface area (Å²) in [6.45, 7) is 7.73. The third-order valence-electron chi connectivity index (χ3n) is 4.29. The summed E-state index contributed by atoms with van der Waals surface area (Å²) >= 11 is 5.90. The molecule has 0 aliphatic carbocycles. The van der Waals surface area contributed by atoms with Gasteiger partial charge < -0.3 is 15.3 Å². The summed E-state index contributed by atoms with van der Waals surface area (Å²) in [5.41, 5.74) is 0.964. The highest BCUT2D eigenvalue weighted by Crippen LogP contribution is 2.25. The van der Waals surface area contributed by atoms with Crippen molar-refractivity contribution in [3.8, 4) is 0 Å². The van der Waals surface area contributed by atoms with Crippen molar-refractivity contribution in [2.45, 2.75) is 32.7 Å². The molecule has 2 atom stereocenters. The van der Waals surface area contributed by atoms with Gasteiger partial charge in [0, 0.05) is 18.3 Å². The normalized spacial score (nSPS) is 21.0. The summed E-state index contributed by atoms with van der Waals surface area (Å²) in [6, 6.07) is 5.40. The first-order valence-corrected chi connectivity index (χ1v) is 7.90. The molecule has 21 heavy (non-hydrogen) atoms. The number of hydrogen-bond acceptors (Lipinski definition) is 3. The molecule has 5 heteroatoms. The van der Waals surface area contributed by atoms with E-state index in [-0.39, 0.29) is 10.6 Å². The molecule has 2 rings (SSSR count). The highest BCUT2D eigenvalue weighted by atomic mass is 35.5. The highest BCUT2D eigenvalue weighted by molar-refractivity contribution is 6.33. The lowest BCUT2D eigenvalue weighted by atomic mass is 9.91.